The Labute approximate surface area is 117 Å². The molecular weight excluding hydrogens is 254 g/mol. The van der Waals surface area contributed by atoms with Crippen LogP contribution in [0.3, 0.4) is 0 Å². The summed E-state index contributed by atoms with van der Waals surface area (Å²) in [5.74, 6) is 0.274. The first-order valence-corrected chi connectivity index (χ1v) is 7.21. The van der Waals surface area contributed by atoms with E-state index in [-0.39, 0.29) is 12.1 Å². The van der Waals surface area contributed by atoms with Crippen LogP contribution < -0.4 is 0 Å². The van der Waals surface area contributed by atoms with Crippen molar-refractivity contribution in [2.45, 2.75) is 18.9 Å². The Hall–Kier alpha value is -1.81. The average molecular weight is 271 g/mol. The van der Waals surface area contributed by atoms with E-state index in [4.69, 9.17) is 9.15 Å². The summed E-state index contributed by atoms with van der Waals surface area (Å²) in [4.78, 5) is 14.7. The second-order valence-corrected chi connectivity index (χ2v) is 5.73. The van der Waals surface area contributed by atoms with Crippen molar-refractivity contribution >= 4 is 16.9 Å². The second-order valence-electron chi connectivity index (χ2n) is 5.73. The molecule has 0 amide bonds. The Balaban J connectivity index is 1.56. The molecule has 20 heavy (non-hydrogen) atoms. The highest BCUT2D eigenvalue weighted by atomic mass is 16.5. The minimum absolute atomic E-state index is 0.0404. The number of benzene rings is 1. The van der Waals surface area contributed by atoms with Gasteiger partial charge in [-0.15, -0.1) is 0 Å². The number of para-hydroxylation sites is 1. The average Bonchev–Trinajstić information content (AvgIpc) is 2.92. The van der Waals surface area contributed by atoms with Gasteiger partial charge < -0.3 is 9.15 Å². The van der Waals surface area contributed by atoms with Gasteiger partial charge in [-0.2, -0.15) is 0 Å². The lowest BCUT2D eigenvalue weighted by Gasteiger charge is -2.43. The zero-order valence-corrected chi connectivity index (χ0v) is 11.2. The second kappa shape index (κ2) is 4.63. The molecule has 2 bridgehead atoms. The zero-order valence-electron chi connectivity index (χ0n) is 11.2. The zero-order chi connectivity index (χ0) is 13.5. The predicted molar refractivity (Wildman–Crippen MR) is 74.6 cm³/mol. The SMILES string of the molecule is O=C(O[C@@H]1CN2CCC1CC2)c1coc2ccccc12. The summed E-state index contributed by atoms with van der Waals surface area (Å²) in [5, 5.41) is 0.832. The maximum absolute atomic E-state index is 12.4. The Kier molecular flexibility index (Phi) is 2.77. The van der Waals surface area contributed by atoms with E-state index >= 15 is 0 Å². The topological polar surface area (TPSA) is 42.7 Å². The molecular formula is C16H17NO3. The van der Waals surface area contributed by atoms with E-state index < -0.39 is 0 Å². The van der Waals surface area contributed by atoms with Crippen molar-refractivity contribution in [2.75, 3.05) is 19.6 Å². The van der Waals surface area contributed by atoms with Crippen LogP contribution in [0.4, 0.5) is 0 Å². The number of rotatable bonds is 2. The molecule has 3 saturated heterocycles. The lowest BCUT2D eigenvalue weighted by Crippen LogP contribution is -2.51. The lowest BCUT2D eigenvalue weighted by molar-refractivity contribution is -0.0455. The smallest absolute Gasteiger partial charge is 0.342 e. The molecule has 0 saturated carbocycles. The van der Waals surface area contributed by atoms with Crippen molar-refractivity contribution in [3.8, 4) is 0 Å². The van der Waals surface area contributed by atoms with E-state index in [1.807, 2.05) is 24.3 Å². The van der Waals surface area contributed by atoms with Gasteiger partial charge in [0.2, 0.25) is 0 Å². The Morgan fingerprint density at radius 3 is 2.80 bits per heavy atom. The molecule has 0 N–H and O–H groups in total. The third-order valence-electron chi connectivity index (χ3n) is 4.56. The van der Waals surface area contributed by atoms with Gasteiger partial charge in [-0.25, -0.2) is 4.79 Å². The van der Waals surface area contributed by atoms with E-state index in [1.54, 1.807) is 0 Å². The number of hydrogen-bond acceptors (Lipinski definition) is 4. The number of hydrogen-bond donors (Lipinski definition) is 0. The minimum Gasteiger partial charge on any atom is -0.463 e. The molecule has 3 aliphatic heterocycles. The van der Waals surface area contributed by atoms with Gasteiger partial charge >= 0.3 is 5.97 Å². The fourth-order valence-corrected chi connectivity index (χ4v) is 3.38. The summed E-state index contributed by atoms with van der Waals surface area (Å²) in [7, 11) is 0. The Morgan fingerprint density at radius 1 is 1.25 bits per heavy atom. The van der Waals surface area contributed by atoms with Gasteiger partial charge in [-0.3, -0.25) is 4.90 Å². The molecule has 0 radical (unpaired) electrons. The Morgan fingerprint density at radius 2 is 2.05 bits per heavy atom. The van der Waals surface area contributed by atoms with E-state index in [0.717, 1.165) is 43.4 Å². The molecule has 104 valence electrons. The van der Waals surface area contributed by atoms with Crippen molar-refractivity contribution in [3.05, 3.63) is 36.1 Å². The van der Waals surface area contributed by atoms with Gasteiger partial charge in [-0.1, -0.05) is 18.2 Å². The van der Waals surface area contributed by atoms with Gasteiger partial charge in [0.1, 0.15) is 23.5 Å². The normalized spacial score (nSPS) is 28.7. The number of furan rings is 1. The van der Waals surface area contributed by atoms with Crippen LogP contribution in [-0.4, -0.2) is 36.6 Å². The molecule has 5 rings (SSSR count). The fraction of sp³-hybridized carbons (Fsp3) is 0.438. The highest BCUT2D eigenvalue weighted by Crippen LogP contribution is 2.31. The van der Waals surface area contributed by atoms with Crippen LogP contribution in [-0.2, 0) is 4.74 Å². The van der Waals surface area contributed by atoms with Crippen molar-refractivity contribution in [1.29, 1.82) is 0 Å². The van der Waals surface area contributed by atoms with E-state index in [9.17, 15) is 4.79 Å². The number of fused-ring (bicyclic) bond motifs is 4. The molecule has 0 aliphatic carbocycles. The quantitative estimate of drug-likeness (QED) is 0.788. The number of nitrogens with zero attached hydrogens (tertiary/aromatic N) is 1. The standard InChI is InChI=1S/C16H17NO3/c18-16(13-10-19-14-4-2-1-3-12(13)14)20-15-9-17-7-5-11(15)6-8-17/h1-4,10-11,15H,5-9H2/t15-/m1/s1. The maximum Gasteiger partial charge on any atom is 0.342 e. The van der Waals surface area contributed by atoms with Crippen LogP contribution in [0, 0.1) is 5.92 Å². The molecule has 1 atom stereocenters. The van der Waals surface area contributed by atoms with E-state index in [2.05, 4.69) is 4.90 Å². The first kappa shape index (κ1) is 12.0. The van der Waals surface area contributed by atoms with Gasteiger partial charge in [0.25, 0.3) is 0 Å². The van der Waals surface area contributed by atoms with E-state index in [1.165, 1.54) is 6.26 Å². The minimum atomic E-state index is -0.256. The van der Waals surface area contributed by atoms with Crippen molar-refractivity contribution in [2.24, 2.45) is 5.92 Å². The molecule has 3 fully saturated rings. The number of carbonyl (C=O) groups excluding carboxylic acids is 1. The third kappa shape index (κ3) is 1.91. The fourth-order valence-electron chi connectivity index (χ4n) is 3.38. The molecule has 1 aromatic heterocycles. The number of carbonyl (C=O) groups is 1. The summed E-state index contributed by atoms with van der Waals surface area (Å²) in [5.41, 5.74) is 1.27. The summed E-state index contributed by atoms with van der Waals surface area (Å²) < 4.78 is 11.1. The molecule has 4 heteroatoms. The van der Waals surface area contributed by atoms with Crippen LogP contribution >= 0.6 is 0 Å². The van der Waals surface area contributed by atoms with Crippen molar-refractivity contribution < 1.29 is 13.9 Å². The third-order valence-corrected chi connectivity index (χ3v) is 4.56. The van der Waals surface area contributed by atoms with Gasteiger partial charge in [0.15, 0.2) is 0 Å². The monoisotopic (exact) mass is 271 g/mol. The molecule has 0 spiro atoms. The lowest BCUT2D eigenvalue weighted by atomic mass is 9.86. The van der Waals surface area contributed by atoms with Crippen LogP contribution in [0.25, 0.3) is 11.0 Å². The molecule has 3 aliphatic rings. The van der Waals surface area contributed by atoms with Gasteiger partial charge in [-0.05, 0) is 37.9 Å². The first-order chi connectivity index (χ1) is 9.81. The first-order valence-electron chi connectivity index (χ1n) is 7.21. The highest BCUT2D eigenvalue weighted by Gasteiger charge is 2.36. The number of ether oxygens (including phenoxy) is 1. The molecule has 4 nitrogen and oxygen atoms in total. The molecule has 1 aromatic carbocycles. The van der Waals surface area contributed by atoms with Crippen molar-refractivity contribution in [1.82, 2.24) is 4.90 Å². The van der Waals surface area contributed by atoms with Crippen LogP contribution in [0.5, 0.6) is 0 Å². The number of piperidine rings is 3. The van der Waals surface area contributed by atoms with Gasteiger partial charge in [0.05, 0.1) is 0 Å². The van der Waals surface area contributed by atoms with Crippen LogP contribution in [0.1, 0.15) is 23.2 Å². The molecule has 0 unspecified atom stereocenters. The number of esters is 1. The summed E-state index contributed by atoms with van der Waals surface area (Å²) in [6, 6.07) is 7.56. The Bertz CT molecular complexity index is 640. The summed E-state index contributed by atoms with van der Waals surface area (Å²) in [6.07, 6.45) is 3.83. The van der Waals surface area contributed by atoms with E-state index in [0.29, 0.717) is 11.5 Å². The molecule has 4 heterocycles. The van der Waals surface area contributed by atoms with Crippen molar-refractivity contribution in [3.63, 3.8) is 0 Å². The maximum atomic E-state index is 12.4. The highest BCUT2D eigenvalue weighted by molar-refractivity contribution is 6.03. The predicted octanol–water partition coefficient (Wildman–Crippen LogP) is 2.68. The van der Waals surface area contributed by atoms with Crippen LogP contribution in [0.15, 0.2) is 34.9 Å². The van der Waals surface area contributed by atoms with Crippen LogP contribution in [0.2, 0.25) is 0 Å². The summed E-state index contributed by atoms with van der Waals surface area (Å²) in [6.45, 7) is 3.17. The molecule has 2 aromatic rings. The van der Waals surface area contributed by atoms with Gasteiger partial charge in [0, 0.05) is 11.9 Å². The largest absolute Gasteiger partial charge is 0.463 e. The summed E-state index contributed by atoms with van der Waals surface area (Å²) >= 11 is 0.